The molecular formula is C26H18F2N2O4S. The standard InChI is InChI=1S/C26H18F2N2O4S/c1-2-34-18-10-5-14(6-11-18)22-21(23(31)15-3-7-16(27)8-4-15)24(32)25(33)30(22)26-29-19-12-9-17(28)13-20(19)35-26/h3-13,22,31H,2H2,1H3/t22-/m1/s1. The highest BCUT2D eigenvalue weighted by Crippen LogP contribution is 2.44. The van der Waals surface area contributed by atoms with Gasteiger partial charge in [0.15, 0.2) is 5.13 Å². The van der Waals surface area contributed by atoms with Gasteiger partial charge in [0.05, 0.1) is 28.4 Å². The predicted molar refractivity (Wildman–Crippen MR) is 128 cm³/mol. The lowest BCUT2D eigenvalue weighted by atomic mass is 9.95. The molecule has 3 aromatic carbocycles. The Kier molecular flexibility index (Phi) is 5.78. The van der Waals surface area contributed by atoms with E-state index < -0.39 is 35.1 Å². The van der Waals surface area contributed by atoms with Gasteiger partial charge in [-0.25, -0.2) is 13.8 Å². The van der Waals surface area contributed by atoms with Crippen molar-refractivity contribution in [2.75, 3.05) is 11.5 Å². The Hall–Kier alpha value is -4.11. The number of aliphatic hydroxyl groups excluding tert-OH is 1. The van der Waals surface area contributed by atoms with Gasteiger partial charge < -0.3 is 9.84 Å². The summed E-state index contributed by atoms with van der Waals surface area (Å²) in [7, 11) is 0. The van der Waals surface area contributed by atoms with Gasteiger partial charge in [0.2, 0.25) is 0 Å². The number of hydrogen-bond acceptors (Lipinski definition) is 6. The van der Waals surface area contributed by atoms with Crippen LogP contribution in [0.3, 0.4) is 0 Å². The Bertz CT molecular complexity index is 1480. The van der Waals surface area contributed by atoms with E-state index in [9.17, 15) is 23.5 Å². The number of anilines is 1. The maximum Gasteiger partial charge on any atom is 0.301 e. The van der Waals surface area contributed by atoms with Gasteiger partial charge in [-0.05, 0) is 67.1 Å². The maximum absolute atomic E-state index is 13.8. The van der Waals surface area contributed by atoms with Crippen LogP contribution in [0, 0.1) is 11.6 Å². The molecule has 35 heavy (non-hydrogen) atoms. The van der Waals surface area contributed by atoms with Crippen LogP contribution in [-0.2, 0) is 9.59 Å². The number of rotatable bonds is 5. The predicted octanol–water partition coefficient (Wildman–Crippen LogP) is 5.60. The molecule has 1 saturated heterocycles. The van der Waals surface area contributed by atoms with Crippen molar-refractivity contribution in [1.29, 1.82) is 0 Å². The molecule has 4 aromatic rings. The minimum atomic E-state index is -1.01. The molecule has 9 heteroatoms. The lowest BCUT2D eigenvalue weighted by Crippen LogP contribution is -2.29. The van der Waals surface area contributed by atoms with Crippen LogP contribution in [0.25, 0.3) is 16.0 Å². The Morgan fingerprint density at radius 1 is 1.03 bits per heavy atom. The second kappa shape index (κ2) is 8.92. The molecule has 1 aliphatic rings. The number of fused-ring (bicyclic) bond motifs is 1. The number of ketones is 1. The highest BCUT2D eigenvalue weighted by atomic mass is 32.1. The lowest BCUT2D eigenvalue weighted by molar-refractivity contribution is -0.132. The zero-order valence-corrected chi connectivity index (χ0v) is 19.2. The number of carbonyl (C=O) groups is 2. The molecular weight excluding hydrogens is 474 g/mol. The van der Waals surface area contributed by atoms with Crippen molar-refractivity contribution in [3.8, 4) is 5.75 Å². The molecule has 1 N–H and O–H groups in total. The Labute approximate surface area is 202 Å². The van der Waals surface area contributed by atoms with Gasteiger partial charge in [0.1, 0.15) is 23.1 Å². The molecule has 0 unspecified atom stereocenters. The van der Waals surface area contributed by atoms with E-state index in [2.05, 4.69) is 4.98 Å². The molecule has 1 aromatic heterocycles. The Morgan fingerprint density at radius 2 is 1.71 bits per heavy atom. The van der Waals surface area contributed by atoms with E-state index in [0.717, 1.165) is 23.5 Å². The van der Waals surface area contributed by atoms with Crippen molar-refractivity contribution < 1.29 is 28.2 Å². The highest BCUT2D eigenvalue weighted by Gasteiger charge is 2.48. The molecule has 1 fully saturated rings. The third kappa shape index (κ3) is 4.04. The topological polar surface area (TPSA) is 79.7 Å². The van der Waals surface area contributed by atoms with Crippen LogP contribution in [0.2, 0.25) is 0 Å². The third-order valence-corrected chi connectivity index (χ3v) is 6.63. The minimum Gasteiger partial charge on any atom is -0.507 e. The van der Waals surface area contributed by atoms with E-state index in [0.29, 0.717) is 28.1 Å². The first kappa shape index (κ1) is 22.7. The van der Waals surface area contributed by atoms with Crippen LogP contribution in [0.1, 0.15) is 24.1 Å². The smallest absolute Gasteiger partial charge is 0.301 e. The summed E-state index contributed by atoms with van der Waals surface area (Å²) in [5, 5.41) is 11.3. The zero-order chi connectivity index (χ0) is 24.7. The fourth-order valence-corrected chi connectivity index (χ4v) is 5.03. The number of carbonyl (C=O) groups excluding carboxylic acids is 2. The summed E-state index contributed by atoms with van der Waals surface area (Å²) >= 11 is 1.06. The average molecular weight is 493 g/mol. The van der Waals surface area contributed by atoms with Gasteiger partial charge in [-0.1, -0.05) is 23.5 Å². The van der Waals surface area contributed by atoms with Crippen LogP contribution < -0.4 is 9.64 Å². The second-order valence-electron chi connectivity index (χ2n) is 7.79. The first-order valence-electron chi connectivity index (χ1n) is 10.7. The molecule has 0 saturated carbocycles. The number of ether oxygens (including phenoxy) is 1. The monoisotopic (exact) mass is 492 g/mol. The number of hydrogen-bond donors (Lipinski definition) is 1. The van der Waals surface area contributed by atoms with Gasteiger partial charge in [0, 0.05) is 5.56 Å². The number of benzene rings is 3. The van der Waals surface area contributed by atoms with Gasteiger partial charge >= 0.3 is 5.91 Å². The van der Waals surface area contributed by atoms with Crippen LogP contribution in [0.15, 0.2) is 72.3 Å². The van der Waals surface area contributed by atoms with E-state index in [-0.39, 0.29) is 16.3 Å². The molecule has 5 rings (SSSR count). The first-order valence-corrected chi connectivity index (χ1v) is 11.5. The summed E-state index contributed by atoms with van der Waals surface area (Å²) in [6.07, 6.45) is 0. The third-order valence-electron chi connectivity index (χ3n) is 5.61. The molecule has 2 heterocycles. The largest absolute Gasteiger partial charge is 0.507 e. The average Bonchev–Trinajstić information content (AvgIpc) is 3.37. The molecule has 0 bridgehead atoms. The molecule has 0 spiro atoms. The molecule has 1 atom stereocenters. The van der Waals surface area contributed by atoms with E-state index >= 15 is 0 Å². The summed E-state index contributed by atoms with van der Waals surface area (Å²) in [4.78, 5) is 32.1. The number of aromatic nitrogens is 1. The summed E-state index contributed by atoms with van der Waals surface area (Å²) in [5.74, 6) is -2.58. The van der Waals surface area contributed by atoms with Crippen LogP contribution in [0.5, 0.6) is 5.75 Å². The van der Waals surface area contributed by atoms with Crippen molar-refractivity contribution in [3.05, 3.63) is 95.1 Å². The normalized spacial score (nSPS) is 17.3. The van der Waals surface area contributed by atoms with Crippen molar-refractivity contribution in [2.24, 2.45) is 0 Å². The zero-order valence-electron chi connectivity index (χ0n) is 18.4. The van der Waals surface area contributed by atoms with Crippen molar-refractivity contribution in [3.63, 3.8) is 0 Å². The SMILES string of the molecule is CCOc1ccc([C@@H]2C(=C(O)c3ccc(F)cc3)C(=O)C(=O)N2c2nc3ccc(F)cc3s2)cc1. The molecule has 1 aliphatic heterocycles. The lowest BCUT2D eigenvalue weighted by Gasteiger charge is -2.23. The van der Waals surface area contributed by atoms with Gasteiger partial charge in [0.25, 0.3) is 5.78 Å². The van der Waals surface area contributed by atoms with Crippen molar-refractivity contribution >= 4 is 44.1 Å². The number of Topliss-reactive ketones (excluding diaryl/α,β-unsaturated/α-hetero) is 1. The minimum absolute atomic E-state index is 0.156. The van der Waals surface area contributed by atoms with Crippen LogP contribution >= 0.6 is 11.3 Å². The molecule has 1 amide bonds. The van der Waals surface area contributed by atoms with Gasteiger partial charge in [-0.15, -0.1) is 0 Å². The number of aliphatic hydroxyl groups is 1. The summed E-state index contributed by atoms with van der Waals surface area (Å²) < 4.78 is 33.2. The summed E-state index contributed by atoms with van der Waals surface area (Å²) in [6, 6.07) is 14.8. The number of amides is 1. The molecule has 0 aliphatic carbocycles. The van der Waals surface area contributed by atoms with Crippen LogP contribution in [-0.4, -0.2) is 28.4 Å². The van der Waals surface area contributed by atoms with Gasteiger partial charge in [-0.3, -0.25) is 14.5 Å². The van der Waals surface area contributed by atoms with E-state index in [1.54, 1.807) is 24.3 Å². The molecule has 176 valence electrons. The quantitative estimate of drug-likeness (QED) is 0.223. The maximum atomic E-state index is 13.8. The first-order chi connectivity index (χ1) is 16.9. The van der Waals surface area contributed by atoms with Crippen molar-refractivity contribution in [2.45, 2.75) is 13.0 Å². The Morgan fingerprint density at radius 3 is 2.40 bits per heavy atom. The number of halogens is 2. The summed E-state index contributed by atoms with van der Waals surface area (Å²) in [5.41, 5.74) is 1.03. The van der Waals surface area contributed by atoms with Crippen LogP contribution in [0.4, 0.5) is 13.9 Å². The molecule has 6 nitrogen and oxygen atoms in total. The highest BCUT2D eigenvalue weighted by molar-refractivity contribution is 7.22. The summed E-state index contributed by atoms with van der Waals surface area (Å²) in [6.45, 7) is 2.31. The number of nitrogens with zero attached hydrogens (tertiary/aromatic N) is 2. The fraction of sp³-hybridized carbons (Fsp3) is 0.115. The fourth-order valence-electron chi connectivity index (χ4n) is 4.01. The van der Waals surface area contributed by atoms with E-state index in [1.165, 1.54) is 35.2 Å². The van der Waals surface area contributed by atoms with Crippen molar-refractivity contribution in [1.82, 2.24) is 4.98 Å². The number of thiazole rings is 1. The van der Waals surface area contributed by atoms with E-state index in [1.807, 2.05) is 6.92 Å². The second-order valence-corrected chi connectivity index (χ2v) is 8.80. The Balaban J connectivity index is 1.70. The van der Waals surface area contributed by atoms with E-state index in [4.69, 9.17) is 4.74 Å². The van der Waals surface area contributed by atoms with Gasteiger partial charge in [-0.2, -0.15) is 0 Å². The molecule has 0 radical (unpaired) electrons.